The fraction of sp³-hybridized carbons (Fsp3) is 0.522. The van der Waals surface area contributed by atoms with E-state index in [9.17, 15) is 4.79 Å². The van der Waals surface area contributed by atoms with Crippen molar-refractivity contribution in [3.8, 4) is 5.75 Å². The fourth-order valence-electron chi connectivity index (χ4n) is 4.55. The van der Waals surface area contributed by atoms with Crippen molar-refractivity contribution < 1.29 is 9.53 Å². The maximum Gasteiger partial charge on any atom is 0.263 e. The molecule has 1 amide bonds. The molecule has 2 saturated heterocycles. The summed E-state index contributed by atoms with van der Waals surface area (Å²) in [5, 5.41) is 8.94. The number of likely N-dealkylation sites (N-methyl/N-ethyl adjacent to an activating group) is 1. The van der Waals surface area contributed by atoms with Gasteiger partial charge >= 0.3 is 0 Å². The molecule has 164 valence electrons. The summed E-state index contributed by atoms with van der Waals surface area (Å²) in [4.78, 5) is 21.8. The van der Waals surface area contributed by atoms with Crippen LogP contribution in [0.3, 0.4) is 0 Å². The predicted octanol–water partition coefficient (Wildman–Crippen LogP) is 1.27. The SMILES string of the molecule is CN1CCN(c2ccc(N3CCN(C(=O)C4CCc5ccccc5O4)CC3)nn2)CC1. The molecule has 0 bridgehead atoms. The van der Waals surface area contributed by atoms with Crippen LogP contribution >= 0.6 is 0 Å². The highest BCUT2D eigenvalue weighted by molar-refractivity contribution is 5.82. The van der Waals surface area contributed by atoms with E-state index in [0.29, 0.717) is 13.1 Å². The molecule has 31 heavy (non-hydrogen) atoms. The molecule has 4 heterocycles. The van der Waals surface area contributed by atoms with Crippen LogP contribution in [0.1, 0.15) is 12.0 Å². The van der Waals surface area contributed by atoms with Gasteiger partial charge < -0.3 is 24.3 Å². The van der Waals surface area contributed by atoms with Gasteiger partial charge in [-0.15, -0.1) is 10.2 Å². The van der Waals surface area contributed by atoms with Gasteiger partial charge in [0.25, 0.3) is 5.91 Å². The van der Waals surface area contributed by atoms with Crippen molar-refractivity contribution in [2.45, 2.75) is 18.9 Å². The Morgan fingerprint density at radius 2 is 1.48 bits per heavy atom. The highest BCUT2D eigenvalue weighted by atomic mass is 16.5. The minimum Gasteiger partial charge on any atom is -0.480 e. The van der Waals surface area contributed by atoms with Gasteiger partial charge in [-0.2, -0.15) is 0 Å². The van der Waals surface area contributed by atoms with E-state index in [1.165, 1.54) is 5.56 Å². The molecule has 0 radical (unpaired) electrons. The van der Waals surface area contributed by atoms with Crippen LogP contribution < -0.4 is 14.5 Å². The van der Waals surface area contributed by atoms with Crippen molar-refractivity contribution >= 4 is 17.5 Å². The molecule has 0 saturated carbocycles. The summed E-state index contributed by atoms with van der Waals surface area (Å²) in [6, 6.07) is 12.1. The molecule has 3 aliphatic rings. The minimum atomic E-state index is -0.371. The van der Waals surface area contributed by atoms with Crippen molar-refractivity contribution in [3.63, 3.8) is 0 Å². The Bertz CT molecular complexity index is 905. The summed E-state index contributed by atoms with van der Waals surface area (Å²) < 4.78 is 6.00. The second-order valence-corrected chi connectivity index (χ2v) is 8.61. The molecule has 8 nitrogen and oxygen atoms in total. The molecule has 1 aromatic heterocycles. The normalized spacial score (nSPS) is 22.1. The van der Waals surface area contributed by atoms with Gasteiger partial charge in [-0.05, 0) is 43.7 Å². The zero-order valence-electron chi connectivity index (χ0n) is 18.1. The molecular formula is C23H30N6O2. The first-order chi connectivity index (χ1) is 15.2. The van der Waals surface area contributed by atoms with Crippen LogP contribution in [0.5, 0.6) is 5.75 Å². The van der Waals surface area contributed by atoms with E-state index in [1.54, 1.807) is 0 Å². The third-order valence-electron chi connectivity index (χ3n) is 6.57. The molecular weight excluding hydrogens is 392 g/mol. The first kappa shape index (κ1) is 20.1. The molecule has 3 aliphatic heterocycles. The molecule has 5 rings (SSSR count). The van der Waals surface area contributed by atoms with Gasteiger partial charge in [0.2, 0.25) is 0 Å². The lowest BCUT2D eigenvalue weighted by molar-refractivity contribution is -0.139. The van der Waals surface area contributed by atoms with Crippen LogP contribution in [-0.4, -0.2) is 91.4 Å². The average molecular weight is 423 g/mol. The Kier molecular flexibility index (Phi) is 5.63. The lowest BCUT2D eigenvalue weighted by atomic mass is 10.0. The Balaban J connectivity index is 1.15. The quantitative estimate of drug-likeness (QED) is 0.738. The van der Waals surface area contributed by atoms with E-state index < -0.39 is 0 Å². The summed E-state index contributed by atoms with van der Waals surface area (Å²) in [6.07, 6.45) is 1.26. The fourth-order valence-corrected chi connectivity index (χ4v) is 4.55. The van der Waals surface area contributed by atoms with E-state index in [2.05, 4.69) is 50.1 Å². The topological polar surface area (TPSA) is 65.0 Å². The number of amides is 1. The smallest absolute Gasteiger partial charge is 0.263 e. The Labute approximate surface area is 183 Å². The van der Waals surface area contributed by atoms with E-state index >= 15 is 0 Å². The van der Waals surface area contributed by atoms with Gasteiger partial charge in [0.15, 0.2) is 17.7 Å². The van der Waals surface area contributed by atoms with Crippen LogP contribution in [0.4, 0.5) is 11.6 Å². The lowest BCUT2D eigenvalue weighted by Gasteiger charge is -2.37. The first-order valence-corrected chi connectivity index (χ1v) is 11.2. The number of piperazine rings is 2. The number of anilines is 2. The standard InChI is InChI=1S/C23H30N6O2/c1-26-10-12-27(13-11-26)21-8-9-22(25-24-21)28-14-16-29(17-15-28)23(30)20-7-6-18-4-2-3-5-19(18)31-20/h2-5,8-9,20H,6-7,10-17H2,1H3. The molecule has 8 heteroatoms. The summed E-state index contributed by atoms with van der Waals surface area (Å²) in [7, 11) is 2.15. The number of hydrogen-bond donors (Lipinski definition) is 0. The van der Waals surface area contributed by atoms with E-state index in [1.807, 2.05) is 23.1 Å². The van der Waals surface area contributed by atoms with Crippen molar-refractivity contribution in [3.05, 3.63) is 42.0 Å². The summed E-state index contributed by atoms with van der Waals surface area (Å²) in [5.74, 6) is 2.78. The lowest BCUT2D eigenvalue weighted by Crippen LogP contribution is -2.53. The number of aryl methyl sites for hydroxylation is 1. The van der Waals surface area contributed by atoms with Gasteiger partial charge in [-0.3, -0.25) is 4.79 Å². The number of fused-ring (bicyclic) bond motifs is 1. The van der Waals surface area contributed by atoms with Gasteiger partial charge in [0.05, 0.1) is 0 Å². The maximum absolute atomic E-state index is 13.0. The van der Waals surface area contributed by atoms with Crippen LogP contribution in [0.15, 0.2) is 36.4 Å². The average Bonchev–Trinajstić information content (AvgIpc) is 2.84. The number of rotatable bonds is 3. The van der Waals surface area contributed by atoms with Crippen molar-refractivity contribution in [2.24, 2.45) is 0 Å². The number of nitrogens with zero attached hydrogens (tertiary/aromatic N) is 6. The minimum absolute atomic E-state index is 0.102. The molecule has 2 aromatic rings. The molecule has 0 spiro atoms. The zero-order chi connectivity index (χ0) is 21.2. The van der Waals surface area contributed by atoms with Crippen molar-refractivity contribution in [1.29, 1.82) is 0 Å². The Morgan fingerprint density at radius 3 is 2.13 bits per heavy atom. The molecule has 1 atom stereocenters. The Morgan fingerprint density at radius 1 is 0.871 bits per heavy atom. The third-order valence-corrected chi connectivity index (χ3v) is 6.57. The first-order valence-electron chi connectivity index (χ1n) is 11.2. The number of hydrogen-bond acceptors (Lipinski definition) is 7. The van der Waals surface area contributed by atoms with Crippen LogP contribution in [0.2, 0.25) is 0 Å². The maximum atomic E-state index is 13.0. The van der Waals surface area contributed by atoms with E-state index in [0.717, 1.165) is 69.5 Å². The second-order valence-electron chi connectivity index (χ2n) is 8.61. The number of ether oxygens (including phenoxy) is 1. The number of para-hydroxylation sites is 1. The second kappa shape index (κ2) is 8.70. The van der Waals surface area contributed by atoms with Gasteiger partial charge in [-0.25, -0.2) is 0 Å². The highest BCUT2D eigenvalue weighted by Gasteiger charge is 2.32. The monoisotopic (exact) mass is 422 g/mol. The molecule has 1 unspecified atom stereocenters. The van der Waals surface area contributed by atoms with Gasteiger partial charge in [-0.1, -0.05) is 18.2 Å². The Hall–Kier alpha value is -2.87. The predicted molar refractivity (Wildman–Crippen MR) is 120 cm³/mol. The third kappa shape index (κ3) is 4.30. The summed E-state index contributed by atoms with van der Waals surface area (Å²) in [5.41, 5.74) is 1.19. The van der Waals surface area contributed by atoms with Crippen LogP contribution in [0, 0.1) is 0 Å². The number of carbonyl (C=O) groups excluding carboxylic acids is 1. The van der Waals surface area contributed by atoms with Gasteiger partial charge in [0.1, 0.15) is 5.75 Å². The number of aromatic nitrogens is 2. The largest absolute Gasteiger partial charge is 0.480 e. The number of carbonyl (C=O) groups is 1. The number of benzene rings is 1. The van der Waals surface area contributed by atoms with Crippen LogP contribution in [-0.2, 0) is 11.2 Å². The van der Waals surface area contributed by atoms with E-state index in [-0.39, 0.29) is 12.0 Å². The highest BCUT2D eigenvalue weighted by Crippen LogP contribution is 2.28. The summed E-state index contributed by atoms with van der Waals surface area (Å²) in [6.45, 7) is 6.96. The molecule has 0 aliphatic carbocycles. The molecule has 1 aromatic carbocycles. The van der Waals surface area contributed by atoms with Crippen LogP contribution in [0.25, 0.3) is 0 Å². The summed E-state index contributed by atoms with van der Waals surface area (Å²) >= 11 is 0. The van der Waals surface area contributed by atoms with Crippen molar-refractivity contribution in [1.82, 2.24) is 20.0 Å². The molecule has 2 fully saturated rings. The van der Waals surface area contributed by atoms with E-state index in [4.69, 9.17) is 4.74 Å². The zero-order valence-corrected chi connectivity index (χ0v) is 18.1. The van der Waals surface area contributed by atoms with Gasteiger partial charge in [0, 0.05) is 52.4 Å². The molecule has 0 N–H and O–H groups in total. The van der Waals surface area contributed by atoms with Crippen molar-refractivity contribution in [2.75, 3.05) is 69.2 Å².